The van der Waals surface area contributed by atoms with Gasteiger partial charge in [0, 0.05) is 43.9 Å². The molecule has 1 saturated heterocycles. The van der Waals surface area contributed by atoms with Gasteiger partial charge in [-0.2, -0.15) is 0 Å². The van der Waals surface area contributed by atoms with E-state index in [1.807, 2.05) is 18.2 Å². The summed E-state index contributed by atoms with van der Waals surface area (Å²) in [6.07, 6.45) is 8.45. The number of piperazine rings is 1. The van der Waals surface area contributed by atoms with Crippen LogP contribution >= 0.6 is 0 Å². The van der Waals surface area contributed by atoms with Gasteiger partial charge >= 0.3 is 0 Å². The fourth-order valence-corrected chi connectivity index (χ4v) is 4.18. The van der Waals surface area contributed by atoms with Crippen molar-refractivity contribution in [1.29, 1.82) is 0 Å². The number of nitrogens with zero attached hydrogens (tertiary/aromatic N) is 2. The van der Waals surface area contributed by atoms with E-state index in [2.05, 4.69) is 40.1 Å². The highest BCUT2D eigenvalue weighted by Gasteiger charge is 2.16. The first-order valence-electron chi connectivity index (χ1n) is 11.4. The van der Waals surface area contributed by atoms with E-state index in [9.17, 15) is 4.79 Å². The number of ether oxygens (including phenoxy) is 2. The van der Waals surface area contributed by atoms with Gasteiger partial charge in [0.2, 0.25) is 0 Å². The zero-order chi connectivity index (χ0) is 21.3. The third-order valence-electron chi connectivity index (χ3n) is 6.01. The second-order valence-electron chi connectivity index (χ2n) is 8.21. The van der Waals surface area contributed by atoms with Crippen molar-refractivity contribution >= 4 is 11.5 Å². The summed E-state index contributed by atoms with van der Waals surface area (Å²) in [5, 5.41) is 0. The van der Waals surface area contributed by atoms with Gasteiger partial charge in [0.1, 0.15) is 6.61 Å². The first-order valence-corrected chi connectivity index (χ1v) is 11.4. The second kappa shape index (κ2) is 11.0. The van der Waals surface area contributed by atoms with Crippen LogP contribution in [0.15, 0.2) is 60.9 Å². The molecule has 0 aromatic heterocycles. The molecule has 0 unspecified atom stereocenters. The summed E-state index contributed by atoms with van der Waals surface area (Å²) in [6, 6.07) is 16.1. The van der Waals surface area contributed by atoms with Crippen LogP contribution < -0.4 is 14.4 Å². The molecular weight excluding hydrogens is 388 g/mol. The molecule has 4 rings (SSSR count). The molecule has 2 aliphatic heterocycles. The maximum absolute atomic E-state index is 12.5. The minimum Gasteiger partial charge on any atom is -0.485 e. The van der Waals surface area contributed by atoms with Gasteiger partial charge in [-0.25, -0.2) is 0 Å². The summed E-state index contributed by atoms with van der Waals surface area (Å²) < 4.78 is 11.1. The monoisotopic (exact) mass is 420 g/mol. The molecule has 0 saturated carbocycles. The van der Waals surface area contributed by atoms with Crippen LogP contribution in [0.1, 0.15) is 42.5 Å². The number of para-hydroxylation sites is 1. The van der Waals surface area contributed by atoms with Crippen LogP contribution in [-0.2, 0) is 0 Å². The molecular formula is C26H32N2O3. The maximum Gasteiger partial charge on any atom is 0.168 e. The van der Waals surface area contributed by atoms with Crippen molar-refractivity contribution in [2.45, 2.75) is 32.1 Å². The van der Waals surface area contributed by atoms with Gasteiger partial charge < -0.3 is 14.4 Å². The molecule has 0 N–H and O–H groups in total. The summed E-state index contributed by atoms with van der Waals surface area (Å²) in [5.41, 5.74) is 2.04. The third kappa shape index (κ3) is 6.11. The first-order chi connectivity index (χ1) is 15.3. The fraction of sp³-hybridized carbons (Fsp3) is 0.423. The molecule has 0 spiro atoms. The van der Waals surface area contributed by atoms with Gasteiger partial charge in [-0.1, -0.05) is 31.0 Å². The molecule has 0 radical (unpaired) electrons. The van der Waals surface area contributed by atoms with E-state index in [1.54, 1.807) is 12.3 Å². The van der Waals surface area contributed by atoms with Crippen LogP contribution in [0.4, 0.5) is 5.69 Å². The smallest absolute Gasteiger partial charge is 0.168 e. The van der Waals surface area contributed by atoms with E-state index in [0.29, 0.717) is 30.1 Å². The number of carbonyl (C=O) groups excluding carboxylic acids is 1. The average Bonchev–Trinajstić information content (AvgIpc) is 3.07. The molecule has 31 heavy (non-hydrogen) atoms. The number of Topliss-reactive ketones (excluding diaryl/α,β-unsaturated/α-hetero) is 1. The number of anilines is 1. The Balaban J connectivity index is 1.09. The van der Waals surface area contributed by atoms with Gasteiger partial charge in [-0.15, -0.1) is 0 Å². The van der Waals surface area contributed by atoms with Gasteiger partial charge in [0.25, 0.3) is 0 Å². The summed E-state index contributed by atoms with van der Waals surface area (Å²) in [5.74, 6) is 1.48. The van der Waals surface area contributed by atoms with Crippen LogP contribution in [0.2, 0.25) is 0 Å². The maximum atomic E-state index is 12.5. The molecule has 2 aromatic rings. The topological polar surface area (TPSA) is 42.0 Å². The molecule has 5 heteroatoms. The number of ketones is 1. The highest BCUT2D eigenvalue weighted by molar-refractivity contribution is 5.96. The molecule has 2 heterocycles. The quantitative estimate of drug-likeness (QED) is 0.425. The lowest BCUT2D eigenvalue weighted by Gasteiger charge is -2.36. The van der Waals surface area contributed by atoms with E-state index in [-0.39, 0.29) is 5.78 Å². The Kier molecular flexibility index (Phi) is 7.61. The predicted molar refractivity (Wildman–Crippen MR) is 124 cm³/mol. The van der Waals surface area contributed by atoms with Crippen LogP contribution in [0.3, 0.4) is 0 Å². The van der Waals surface area contributed by atoms with Crippen molar-refractivity contribution in [2.75, 3.05) is 44.2 Å². The van der Waals surface area contributed by atoms with Crippen molar-refractivity contribution in [3.63, 3.8) is 0 Å². The Morgan fingerprint density at radius 2 is 1.68 bits per heavy atom. The van der Waals surface area contributed by atoms with Crippen molar-refractivity contribution < 1.29 is 14.3 Å². The van der Waals surface area contributed by atoms with E-state index in [4.69, 9.17) is 9.47 Å². The summed E-state index contributed by atoms with van der Waals surface area (Å²) in [6.45, 7) is 6.09. The SMILES string of the molecule is O=C(CCCCCCN1CCN(c2ccccc2)CC1)c1ccc2c(c1)OCC=CO2. The lowest BCUT2D eigenvalue weighted by molar-refractivity contribution is 0.0978. The van der Waals surface area contributed by atoms with Crippen LogP contribution in [0.25, 0.3) is 0 Å². The average molecular weight is 421 g/mol. The predicted octanol–water partition coefficient (Wildman–Crippen LogP) is 4.93. The Hall–Kier alpha value is -2.79. The number of benzene rings is 2. The number of hydrogen-bond donors (Lipinski definition) is 0. The van der Waals surface area contributed by atoms with Crippen LogP contribution in [-0.4, -0.2) is 50.0 Å². The van der Waals surface area contributed by atoms with E-state index in [1.165, 1.54) is 18.5 Å². The molecule has 1 fully saturated rings. The standard InChI is InChI=1S/C26H32N2O3/c29-24(22-12-13-25-26(21-22)31-20-8-19-30-25)11-6-1-2-7-14-27-15-17-28(18-16-27)23-9-4-3-5-10-23/h3-5,8-10,12-13,19,21H,1-2,6-7,11,14-18,20H2. The number of carbonyl (C=O) groups is 1. The molecule has 2 aliphatic rings. The minimum atomic E-state index is 0.181. The first kappa shape index (κ1) is 21.4. The fourth-order valence-electron chi connectivity index (χ4n) is 4.18. The van der Waals surface area contributed by atoms with Crippen molar-refractivity contribution in [1.82, 2.24) is 4.90 Å². The lowest BCUT2D eigenvalue weighted by atomic mass is 10.0. The van der Waals surface area contributed by atoms with Gasteiger partial charge in [-0.05, 0) is 55.8 Å². The second-order valence-corrected chi connectivity index (χ2v) is 8.21. The Morgan fingerprint density at radius 1 is 0.871 bits per heavy atom. The number of unbranched alkanes of at least 4 members (excludes halogenated alkanes) is 3. The van der Waals surface area contributed by atoms with Crippen molar-refractivity contribution in [3.05, 3.63) is 66.4 Å². The number of hydrogen-bond acceptors (Lipinski definition) is 5. The number of fused-ring (bicyclic) bond motifs is 1. The Bertz CT molecular complexity index is 873. The summed E-state index contributed by atoms with van der Waals surface area (Å²) in [4.78, 5) is 17.6. The van der Waals surface area contributed by atoms with Gasteiger partial charge in [-0.3, -0.25) is 9.69 Å². The summed E-state index contributed by atoms with van der Waals surface area (Å²) in [7, 11) is 0. The highest BCUT2D eigenvalue weighted by atomic mass is 16.5. The Labute approximate surface area is 185 Å². The van der Waals surface area contributed by atoms with Crippen LogP contribution in [0, 0.1) is 0 Å². The third-order valence-corrected chi connectivity index (χ3v) is 6.01. The largest absolute Gasteiger partial charge is 0.485 e. The normalized spacial score (nSPS) is 16.2. The van der Waals surface area contributed by atoms with E-state index in [0.717, 1.165) is 45.6 Å². The van der Waals surface area contributed by atoms with E-state index >= 15 is 0 Å². The Morgan fingerprint density at radius 3 is 2.52 bits per heavy atom. The van der Waals surface area contributed by atoms with E-state index < -0.39 is 0 Å². The molecule has 0 aliphatic carbocycles. The zero-order valence-electron chi connectivity index (χ0n) is 18.2. The van der Waals surface area contributed by atoms with Gasteiger partial charge in [0.15, 0.2) is 17.3 Å². The van der Waals surface area contributed by atoms with Crippen molar-refractivity contribution in [3.8, 4) is 11.5 Å². The van der Waals surface area contributed by atoms with Gasteiger partial charge in [0.05, 0.1) is 6.26 Å². The zero-order valence-corrected chi connectivity index (χ0v) is 18.2. The van der Waals surface area contributed by atoms with Crippen molar-refractivity contribution in [2.24, 2.45) is 0 Å². The molecule has 0 amide bonds. The van der Waals surface area contributed by atoms with Crippen LogP contribution in [0.5, 0.6) is 11.5 Å². The molecule has 2 aromatic carbocycles. The minimum absolute atomic E-state index is 0.181. The molecule has 5 nitrogen and oxygen atoms in total. The molecule has 0 bridgehead atoms. The summed E-state index contributed by atoms with van der Waals surface area (Å²) >= 11 is 0. The molecule has 164 valence electrons. The highest BCUT2D eigenvalue weighted by Crippen LogP contribution is 2.30. The lowest BCUT2D eigenvalue weighted by Crippen LogP contribution is -2.46. The molecule has 0 atom stereocenters. The number of rotatable bonds is 9.